The third-order valence-electron chi connectivity index (χ3n) is 4.37. The van der Waals surface area contributed by atoms with Gasteiger partial charge in [0.2, 0.25) is 11.8 Å². The fraction of sp³-hybridized carbons (Fsp3) is 0.368. The maximum atomic E-state index is 12.4. The zero-order valence-electron chi connectivity index (χ0n) is 14.5. The summed E-state index contributed by atoms with van der Waals surface area (Å²) in [6, 6.07) is 8.95. The van der Waals surface area contributed by atoms with Gasteiger partial charge in [0.05, 0.1) is 12.7 Å². The van der Waals surface area contributed by atoms with Crippen LogP contribution >= 0.6 is 0 Å². The Bertz CT molecular complexity index is 793. The van der Waals surface area contributed by atoms with Gasteiger partial charge in [-0.1, -0.05) is 0 Å². The van der Waals surface area contributed by atoms with E-state index in [1.807, 2.05) is 6.07 Å². The lowest BCUT2D eigenvalue weighted by atomic mass is 9.92. The molecular formula is C19H20N4O3. The van der Waals surface area contributed by atoms with Gasteiger partial charge in [-0.15, -0.1) is 0 Å². The van der Waals surface area contributed by atoms with Gasteiger partial charge in [0, 0.05) is 24.5 Å². The minimum atomic E-state index is -0.173. The van der Waals surface area contributed by atoms with Gasteiger partial charge in [-0.05, 0) is 43.9 Å². The standard InChI is InChI=1S/C19H20N4O3/c1-25-19-16(3-2-10-21-19)18(24)23-14-5-7-15(8-6-14)26-17-9-4-13(11-20)12-22-17/h2-4,9-10,12,14-15H,5-8H2,1H3,(H,23,24). The topological polar surface area (TPSA) is 97.1 Å². The van der Waals surface area contributed by atoms with Crippen molar-refractivity contribution in [1.29, 1.82) is 5.26 Å². The highest BCUT2D eigenvalue weighted by Gasteiger charge is 2.25. The summed E-state index contributed by atoms with van der Waals surface area (Å²) in [6.07, 6.45) is 6.48. The molecule has 0 radical (unpaired) electrons. The van der Waals surface area contributed by atoms with Crippen molar-refractivity contribution in [2.75, 3.05) is 7.11 Å². The summed E-state index contributed by atoms with van der Waals surface area (Å²) in [4.78, 5) is 20.6. The molecule has 2 aromatic rings. The number of aromatic nitrogens is 2. The zero-order valence-corrected chi connectivity index (χ0v) is 14.5. The maximum Gasteiger partial charge on any atom is 0.256 e. The van der Waals surface area contributed by atoms with Gasteiger partial charge in [0.1, 0.15) is 17.7 Å². The van der Waals surface area contributed by atoms with E-state index in [1.165, 1.54) is 13.3 Å². The second-order valence-corrected chi connectivity index (χ2v) is 6.12. The number of hydrogen-bond acceptors (Lipinski definition) is 6. The lowest BCUT2D eigenvalue weighted by molar-refractivity contribution is 0.0886. The van der Waals surface area contributed by atoms with Crippen LogP contribution in [0.4, 0.5) is 0 Å². The van der Waals surface area contributed by atoms with Crippen LogP contribution in [-0.4, -0.2) is 35.1 Å². The molecule has 0 aliphatic heterocycles. The summed E-state index contributed by atoms with van der Waals surface area (Å²) < 4.78 is 11.0. The molecule has 1 amide bonds. The van der Waals surface area contributed by atoms with Gasteiger partial charge >= 0.3 is 0 Å². The Morgan fingerprint density at radius 1 is 1.23 bits per heavy atom. The molecule has 1 aliphatic carbocycles. The van der Waals surface area contributed by atoms with Crippen molar-refractivity contribution < 1.29 is 14.3 Å². The van der Waals surface area contributed by atoms with E-state index in [2.05, 4.69) is 15.3 Å². The zero-order chi connectivity index (χ0) is 18.4. The van der Waals surface area contributed by atoms with Crippen molar-refractivity contribution in [2.24, 2.45) is 0 Å². The molecule has 2 heterocycles. The van der Waals surface area contributed by atoms with Crippen molar-refractivity contribution in [3.05, 3.63) is 47.8 Å². The molecule has 7 nitrogen and oxygen atoms in total. The summed E-state index contributed by atoms with van der Waals surface area (Å²) >= 11 is 0. The van der Waals surface area contributed by atoms with Crippen molar-refractivity contribution in [1.82, 2.24) is 15.3 Å². The van der Waals surface area contributed by atoms with Gasteiger partial charge in [-0.2, -0.15) is 5.26 Å². The molecule has 0 aromatic carbocycles. The monoisotopic (exact) mass is 352 g/mol. The Morgan fingerprint density at radius 2 is 2.04 bits per heavy atom. The number of nitrogens with zero attached hydrogens (tertiary/aromatic N) is 3. The molecule has 7 heteroatoms. The van der Waals surface area contributed by atoms with E-state index in [0.29, 0.717) is 22.9 Å². The number of nitriles is 1. The Labute approximate surface area is 152 Å². The van der Waals surface area contributed by atoms with Gasteiger partial charge in [-0.25, -0.2) is 9.97 Å². The number of hydrogen-bond donors (Lipinski definition) is 1. The molecule has 1 aliphatic rings. The van der Waals surface area contributed by atoms with Crippen LogP contribution in [0.5, 0.6) is 11.8 Å². The normalized spacial score (nSPS) is 19.2. The molecule has 0 spiro atoms. The minimum absolute atomic E-state index is 0.0662. The lowest BCUT2D eigenvalue weighted by Crippen LogP contribution is -2.39. The Morgan fingerprint density at radius 3 is 2.69 bits per heavy atom. The predicted molar refractivity (Wildman–Crippen MR) is 93.9 cm³/mol. The second-order valence-electron chi connectivity index (χ2n) is 6.12. The van der Waals surface area contributed by atoms with Crippen LogP contribution in [0.2, 0.25) is 0 Å². The second kappa shape index (κ2) is 8.30. The highest BCUT2D eigenvalue weighted by atomic mass is 16.5. The molecule has 0 unspecified atom stereocenters. The highest BCUT2D eigenvalue weighted by Crippen LogP contribution is 2.24. The summed E-state index contributed by atoms with van der Waals surface area (Å²) in [6.45, 7) is 0. The highest BCUT2D eigenvalue weighted by molar-refractivity contribution is 5.96. The van der Waals surface area contributed by atoms with E-state index in [4.69, 9.17) is 14.7 Å². The maximum absolute atomic E-state index is 12.4. The van der Waals surface area contributed by atoms with Crippen LogP contribution in [0.3, 0.4) is 0 Å². The number of pyridine rings is 2. The molecule has 3 rings (SSSR count). The Kier molecular flexibility index (Phi) is 5.64. The molecule has 2 aromatic heterocycles. The largest absolute Gasteiger partial charge is 0.480 e. The molecule has 0 atom stereocenters. The van der Waals surface area contributed by atoms with E-state index in [9.17, 15) is 4.79 Å². The molecular weight excluding hydrogens is 332 g/mol. The minimum Gasteiger partial charge on any atom is -0.480 e. The van der Waals surface area contributed by atoms with Crippen LogP contribution < -0.4 is 14.8 Å². The predicted octanol–water partition coefficient (Wildman–Crippen LogP) is 2.48. The van der Waals surface area contributed by atoms with Crippen LogP contribution in [0, 0.1) is 11.3 Å². The van der Waals surface area contributed by atoms with E-state index < -0.39 is 0 Å². The van der Waals surface area contributed by atoms with Gasteiger partial charge < -0.3 is 14.8 Å². The molecule has 0 bridgehead atoms. The van der Waals surface area contributed by atoms with Crippen LogP contribution in [-0.2, 0) is 0 Å². The molecule has 26 heavy (non-hydrogen) atoms. The molecule has 1 fully saturated rings. The van der Waals surface area contributed by atoms with Crippen molar-refractivity contribution in [2.45, 2.75) is 37.8 Å². The van der Waals surface area contributed by atoms with Crippen LogP contribution in [0.15, 0.2) is 36.7 Å². The lowest BCUT2D eigenvalue weighted by Gasteiger charge is -2.29. The first-order chi connectivity index (χ1) is 12.7. The summed E-state index contributed by atoms with van der Waals surface area (Å²) in [7, 11) is 1.50. The number of methoxy groups -OCH3 is 1. The third kappa shape index (κ3) is 4.28. The average Bonchev–Trinajstić information content (AvgIpc) is 2.70. The van der Waals surface area contributed by atoms with Crippen molar-refractivity contribution >= 4 is 5.91 Å². The van der Waals surface area contributed by atoms with E-state index in [1.54, 1.807) is 30.5 Å². The number of ether oxygens (including phenoxy) is 2. The first-order valence-corrected chi connectivity index (χ1v) is 8.52. The molecule has 1 saturated carbocycles. The summed E-state index contributed by atoms with van der Waals surface area (Å²) in [5.41, 5.74) is 0.949. The summed E-state index contributed by atoms with van der Waals surface area (Å²) in [5.74, 6) is 0.679. The SMILES string of the molecule is COc1ncccc1C(=O)NC1CCC(Oc2ccc(C#N)cn2)CC1. The number of carbonyl (C=O) groups excluding carboxylic acids is 1. The number of amides is 1. The number of nitrogens with one attached hydrogen (secondary N) is 1. The summed E-state index contributed by atoms with van der Waals surface area (Å²) in [5, 5.41) is 11.8. The van der Waals surface area contributed by atoms with Crippen LogP contribution in [0.25, 0.3) is 0 Å². The number of carbonyl (C=O) groups is 1. The smallest absolute Gasteiger partial charge is 0.256 e. The number of rotatable bonds is 5. The fourth-order valence-corrected chi connectivity index (χ4v) is 3.00. The van der Waals surface area contributed by atoms with Gasteiger partial charge in [-0.3, -0.25) is 4.79 Å². The molecule has 0 saturated heterocycles. The molecule has 134 valence electrons. The average molecular weight is 352 g/mol. The Balaban J connectivity index is 1.50. The van der Waals surface area contributed by atoms with Crippen LogP contribution in [0.1, 0.15) is 41.6 Å². The quantitative estimate of drug-likeness (QED) is 0.888. The van der Waals surface area contributed by atoms with E-state index >= 15 is 0 Å². The van der Waals surface area contributed by atoms with E-state index in [-0.39, 0.29) is 18.1 Å². The van der Waals surface area contributed by atoms with Gasteiger partial charge in [0.15, 0.2) is 0 Å². The van der Waals surface area contributed by atoms with Crippen molar-refractivity contribution in [3.8, 4) is 17.8 Å². The Hall–Kier alpha value is -3.14. The van der Waals surface area contributed by atoms with Crippen molar-refractivity contribution in [3.63, 3.8) is 0 Å². The third-order valence-corrected chi connectivity index (χ3v) is 4.37. The molecule has 1 N–H and O–H groups in total. The van der Waals surface area contributed by atoms with E-state index in [0.717, 1.165) is 25.7 Å². The first kappa shape index (κ1) is 17.7. The first-order valence-electron chi connectivity index (χ1n) is 8.52. The fourth-order valence-electron chi connectivity index (χ4n) is 3.00. The van der Waals surface area contributed by atoms with Gasteiger partial charge in [0.25, 0.3) is 5.91 Å².